The molecule has 0 bridgehead atoms. The Hall–Kier alpha value is -1.88. The van der Waals surface area contributed by atoms with Crippen molar-refractivity contribution in [2.75, 3.05) is 0 Å². The first-order valence-corrected chi connectivity index (χ1v) is 5.88. The van der Waals surface area contributed by atoms with E-state index in [2.05, 4.69) is 15.3 Å². The molecule has 0 atom stereocenters. The van der Waals surface area contributed by atoms with E-state index in [1.807, 2.05) is 26.0 Å². The summed E-state index contributed by atoms with van der Waals surface area (Å²) in [5, 5.41) is 12.0. The van der Waals surface area contributed by atoms with Gasteiger partial charge >= 0.3 is 0 Å². The maximum atomic E-state index is 6.12. The summed E-state index contributed by atoms with van der Waals surface area (Å²) in [5.74, 6) is 0.674. The molecule has 0 saturated heterocycles. The number of hydrogen-bond acceptors (Lipinski definition) is 4. The second kappa shape index (κ2) is 5.64. The quantitative estimate of drug-likeness (QED) is 0.798. The van der Waals surface area contributed by atoms with E-state index in [1.54, 1.807) is 12.3 Å². The Bertz CT molecular complexity index is 537. The average Bonchev–Trinajstić information content (AvgIpc) is 2.82. The highest BCUT2D eigenvalue weighted by Gasteiger charge is 2.04. The lowest BCUT2D eigenvalue weighted by Gasteiger charge is -2.11. The molecule has 0 radical (unpaired) electrons. The number of nitrogens with zero attached hydrogens (tertiary/aromatic N) is 4. The first-order valence-electron chi connectivity index (χ1n) is 5.50. The summed E-state index contributed by atoms with van der Waals surface area (Å²) in [5.41, 5.74) is 0.879. The van der Waals surface area contributed by atoms with E-state index in [9.17, 15) is 0 Å². The fourth-order valence-corrected chi connectivity index (χ4v) is 1.57. The third kappa shape index (κ3) is 3.30. The number of hydrogen-bond donors (Lipinski definition) is 0. The smallest absolute Gasteiger partial charge is 0.141 e. The van der Waals surface area contributed by atoms with E-state index in [0.29, 0.717) is 10.8 Å². The zero-order valence-corrected chi connectivity index (χ0v) is 10.9. The lowest BCUT2D eigenvalue weighted by molar-refractivity contribution is 0.242. The minimum Gasteiger partial charge on any atom is -0.489 e. The minimum atomic E-state index is 0.0963. The van der Waals surface area contributed by atoms with Crippen molar-refractivity contribution in [3.63, 3.8) is 0 Å². The Morgan fingerprint density at radius 1 is 1.33 bits per heavy atom. The molecule has 0 aliphatic heterocycles. The SMILES string of the molecule is CC(C)Oc1ccc(/C=N\n2cnnc2)cc1Cl. The van der Waals surface area contributed by atoms with Crippen molar-refractivity contribution in [1.29, 1.82) is 0 Å². The van der Waals surface area contributed by atoms with Gasteiger partial charge in [-0.05, 0) is 37.6 Å². The van der Waals surface area contributed by atoms with E-state index >= 15 is 0 Å². The van der Waals surface area contributed by atoms with Crippen molar-refractivity contribution in [3.05, 3.63) is 41.4 Å². The third-order valence-electron chi connectivity index (χ3n) is 2.07. The molecule has 1 aromatic heterocycles. The monoisotopic (exact) mass is 264 g/mol. The van der Waals surface area contributed by atoms with Crippen LogP contribution in [-0.2, 0) is 0 Å². The normalized spacial score (nSPS) is 11.3. The number of aromatic nitrogens is 3. The van der Waals surface area contributed by atoms with Crippen molar-refractivity contribution in [2.45, 2.75) is 20.0 Å². The van der Waals surface area contributed by atoms with E-state index in [0.717, 1.165) is 5.56 Å². The van der Waals surface area contributed by atoms with Gasteiger partial charge in [0.05, 0.1) is 17.3 Å². The largest absolute Gasteiger partial charge is 0.489 e. The van der Waals surface area contributed by atoms with Crippen LogP contribution in [0.3, 0.4) is 0 Å². The second-order valence-corrected chi connectivity index (χ2v) is 4.35. The number of benzene rings is 1. The Morgan fingerprint density at radius 3 is 2.67 bits per heavy atom. The Morgan fingerprint density at radius 2 is 2.06 bits per heavy atom. The van der Waals surface area contributed by atoms with Gasteiger partial charge in [0.1, 0.15) is 18.4 Å². The fourth-order valence-electron chi connectivity index (χ4n) is 1.34. The first-order chi connectivity index (χ1) is 8.65. The van der Waals surface area contributed by atoms with Crippen LogP contribution >= 0.6 is 11.6 Å². The summed E-state index contributed by atoms with van der Waals surface area (Å²) in [6.07, 6.45) is 4.79. The van der Waals surface area contributed by atoms with Crippen molar-refractivity contribution in [1.82, 2.24) is 14.9 Å². The number of ether oxygens (including phenoxy) is 1. The molecule has 1 aromatic carbocycles. The van der Waals surface area contributed by atoms with Crippen LogP contribution in [0.25, 0.3) is 0 Å². The molecular formula is C12H13ClN4O. The number of rotatable bonds is 4. The van der Waals surface area contributed by atoms with Gasteiger partial charge in [-0.2, -0.15) is 5.10 Å². The van der Waals surface area contributed by atoms with Crippen LogP contribution in [0.1, 0.15) is 19.4 Å². The van der Waals surface area contributed by atoms with Crippen molar-refractivity contribution >= 4 is 17.8 Å². The lowest BCUT2D eigenvalue weighted by Crippen LogP contribution is -2.05. The van der Waals surface area contributed by atoms with Crippen molar-refractivity contribution in [3.8, 4) is 5.75 Å². The van der Waals surface area contributed by atoms with E-state index in [4.69, 9.17) is 16.3 Å². The van der Waals surface area contributed by atoms with Crippen LogP contribution in [-0.4, -0.2) is 27.2 Å². The minimum absolute atomic E-state index is 0.0963. The summed E-state index contributed by atoms with van der Waals surface area (Å²) in [4.78, 5) is 0. The number of halogens is 1. The van der Waals surface area contributed by atoms with Gasteiger partial charge in [-0.15, -0.1) is 10.2 Å². The molecule has 0 saturated carbocycles. The van der Waals surface area contributed by atoms with E-state index in [-0.39, 0.29) is 6.10 Å². The van der Waals surface area contributed by atoms with Crippen LogP contribution in [0.5, 0.6) is 5.75 Å². The zero-order valence-electron chi connectivity index (χ0n) is 10.1. The van der Waals surface area contributed by atoms with Gasteiger partial charge in [0.25, 0.3) is 0 Å². The topological polar surface area (TPSA) is 52.3 Å². The van der Waals surface area contributed by atoms with Gasteiger partial charge in [-0.3, -0.25) is 0 Å². The summed E-state index contributed by atoms with van der Waals surface area (Å²) in [6.45, 7) is 3.91. The second-order valence-electron chi connectivity index (χ2n) is 3.94. The first kappa shape index (κ1) is 12.6. The van der Waals surface area contributed by atoms with E-state index in [1.165, 1.54) is 17.3 Å². The molecule has 0 aliphatic carbocycles. The molecule has 0 fully saturated rings. The Kier molecular flexibility index (Phi) is 3.94. The van der Waals surface area contributed by atoms with Crippen molar-refractivity contribution < 1.29 is 4.74 Å². The molecular weight excluding hydrogens is 252 g/mol. The summed E-state index contributed by atoms with van der Waals surface area (Å²) in [6, 6.07) is 5.51. The summed E-state index contributed by atoms with van der Waals surface area (Å²) in [7, 11) is 0. The average molecular weight is 265 g/mol. The van der Waals surface area contributed by atoms with Gasteiger partial charge in [-0.1, -0.05) is 11.6 Å². The molecule has 0 spiro atoms. The Balaban J connectivity index is 2.13. The summed E-state index contributed by atoms with van der Waals surface area (Å²) >= 11 is 6.12. The highest BCUT2D eigenvalue weighted by Crippen LogP contribution is 2.25. The predicted octanol–water partition coefficient (Wildman–Crippen LogP) is 2.60. The lowest BCUT2D eigenvalue weighted by atomic mass is 10.2. The molecule has 2 aromatic rings. The third-order valence-corrected chi connectivity index (χ3v) is 2.36. The molecule has 2 rings (SSSR count). The molecule has 0 N–H and O–H groups in total. The van der Waals surface area contributed by atoms with Crippen LogP contribution in [0, 0.1) is 0 Å². The molecule has 0 aliphatic rings. The molecule has 0 unspecified atom stereocenters. The molecule has 6 heteroatoms. The van der Waals surface area contributed by atoms with Gasteiger partial charge in [0.15, 0.2) is 0 Å². The Labute approximate surface area is 110 Å². The maximum Gasteiger partial charge on any atom is 0.141 e. The van der Waals surface area contributed by atoms with Gasteiger partial charge in [0.2, 0.25) is 0 Å². The van der Waals surface area contributed by atoms with Crippen LogP contribution in [0.4, 0.5) is 0 Å². The molecule has 1 heterocycles. The molecule has 0 amide bonds. The van der Waals surface area contributed by atoms with Crippen molar-refractivity contribution in [2.24, 2.45) is 5.10 Å². The highest BCUT2D eigenvalue weighted by molar-refractivity contribution is 6.32. The highest BCUT2D eigenvalue weighted by atomic mass is 35.5. The molecule has 18 heavy (non-hydrogen) atoms. The van der Waals surface area contributed by atoms with E-state index < -0.39 is 0 Å². The zero-order chi connectivity index (χ0) is 13.0. The molecule has 94 valence electrons. The van der Waals surface area contributed by atoms with Crippen LogP contribution in [0.15, 0.2) is 36.0 Å². The molecule has 5 nitrogen and oxygen atoms in total. The summed E-state index contributed by atoms with van der Waals surface area (Å²) < 4.78 is 7.06. The van der Waals surface area contributed by atoms with Gasteiger partial charge in [-0.25, -0.2) is 4.68 Å². The maximum absolute atomic E-state index is 6.12. The standard InChI is InChI=1S/C12H13ClN4O/c1-9(2)18-12-4-3-10(5-11(12)13)6-16-17-7-14-15-8-17/h3-9H,1-2H3/b16-6-. The van der Waals surface area contributed by atoms with Gasteiger partial charge < -0.3 is 4.74 Å². The van der Waals surface area contributed by atoms with Crippen LogP contribution < -0.4 is 4.74 Å². The fraction of sp³-hybridized carbons (Fsp3) is 0.250. The van der Waals surface area contributed by atoms with Gasteiger partial charge in [0, 0.05) is 0 Å². The predicted molar refractivity (Wildman–Crippen MR) is 70.2 cm³/mol. The van der Waals surface area contributed by atoms with Crippen LogP contribution in [0.2, 0.25) is 5.02 Å².